The average Bonchev–Trinajstić information content (AvgIpc) is 3.08. The summed E-state index contributed by atoms with van der Waals surface area (Å²) in [7, 11) is 0. The van der Waals surface area contributed by atoms with Gasteiger partial charge in [-0.1, -0.05) is 42.0 Å². The SMILES string of the molecule is O=C(Nc1ccc2[nH]c(=O)oc2c1)C(=O)N1CCC(=Cc2ccccc2)CC1. The molecule has 1 aliphatic heterocycles. The Balaban J connectivity index is 1.37. The fourth-order valence-electron chi connectivity index (χ4n) is 3.28. The number of H-pyrrole nitrogens is 1. The van der Waals surface area contributed by atoms with Gasteiger partial charge in [-0.05, 0) is 30.5 Å². The number of carbonyl (C=O) groups excluding carboxylic acids is 2. The first kappa shape index (κ1) is 17.8. The summed E-state index contributed by atoms with van der Waals surface area (Å²) in [6.45, 7) is 1.02. The number of hydrogen-bond donors (Lipinski definition) is 2. The van der Waals surface area contributed by atoms with Gasteiger partial charge in [-0.2, -0.15) is 0 Å². The van der Waals surface area contributed by atoms with Crippen molar-refractivity contribution in [2.75, 3.05) is 18.4 Å². The third-order valence-electron chi connectivity index (χ3n) is 4.74. The van der Waals surface area contributed by atoms with E-state index in [1.54, 1.807) is 17.0 Å². The molecule has 0 spiro atoms. The van der Waals surface area contributed by atoms with Gasteiger partial charge in [0, 0.05) is 24.8 Å². The normalized spacial score (nSPS) is 14.1. The van der Waals surface area contributed by atoms with Gasteiger partial charge in [-0.15, -0.1) is 0 Å². The third-order valence-corrected chi connectivity index (χ3v) is 4.74. The van der Waals surface area contributed by atoms with E-state index in [0.717, 1.165) is 18.4 Å². The second-order valence-electron chi connectivity index (χ2n) is 6.69. The lowest BCUT2D eigenvalue weighted by molar-refractivity contribution is -0.143. The third kappa shape index (κ3) is 3.88. The number of aromatic amines is 1. The van der Waals surface area contributed by atoms with Gasteiger partial charge in [0.2, 0.25) is 0 Å². The lowest BCUT2D eigenvalue weighted by Gasteiger charge is -2.28. The highest BCUT2D eigenvalue weighted by Crippen LogP contribution is 2.20. The Morgan fingerprint density at radius 3 is 2.57 bits per heavy atom. The van der Waals surface area contributed by atoms with Crippen LogP contribution >= 0.6 is 0 Å². The first-order valence-electron chi connectivity index (χ1n) is 9.06. The van der Waals surface area contributed by atoms with E-state index in [4.69, 9.17) is 4.42 Å². The Kier molecular flexibility index (Phi) is 4.80. The molecule has 0 saturated carbocycles. The van der Waals surface area contributed by atoms with E-state index >= 15 is 0 Å². The minimum absolute atomic E-state index is 0.323. The minimum atomic E-state index is -0.701. The largest absolute Gasteiger partial charge is 0.417 e. The number of aromatic nitrogens is 1. The summed E-state index contributed by atoms with van der Waals surface area (Å²) in [5.74, 6) is -1.83. The van der Waals surface area contributed by atoms with E-state index in [1.165, 1.54) is 11.6 Å². The second kappa shape index (κ2) is 7.56. The molecule has 2 heterocycles. The number of nitrogens with one attached hydrogen (secondary N) is 2. The standard InChI is InChI=1S/C21H19N3O4/c25-19(22-16-6-7-17-18(13-16)28-21(27)23-17)20(26)24-10-8-15(9-11-24)12-14-4-2-1-3-5-14/h1-7,12-13H,8-11H2,(H,22,25)(H,23,27). The summed E-state index contributed by atoms with van der Waals surface area (Å²) >= 11 is 0. The zero-order valence-electron chi connectivity index (χ0n) is 15.1. The van der Waals surface area contributed by atoms with Crippen molar-refractivity contribution in [3.63, 3.8) is 0 Å². The molecule has 2 aromatic carbocycles. The van der Waals surface area contributed by atoms with Crippen molar-refractivity contribution in [2.45, 2.75) is 12.8 Å². The predicted octanol–water partition coefficient (Wildman–Crippen LogP) is 2.77. The number of amides is 2. The number of likely N-dealkylation sites (tertiary alicyclic amines) is 1. The zero-order valence-corrected chi connectivity index (χ0v) is 15.1. The number of nitrogens with zero attached hydrogens (tertiary/aromatic N) is 1. The van der Waals surface area contributed by atoms with Gasteiger partial charge in [0.1, 0.15) is 0 Å². The highest BCUT2D eigenvalue weighted by molar-refractivity contribution is 6.39. The van der Waals surface area contributed by atoms with Crippen LogP contribution in [0.25, 0.3) is 17.2 Å². The first-order valence-corrected chi connectivity index (χ1v) is 9.06. The van der Waals surface area contributed by atoms with E-state index in [0.29, 0.717) is 29.9 Å². The quantitative estimate of drug-likeness (QED) is 0.671. The molecular weight excluding hydrogens is 358 g/mol. The van der Waals surface area contributed by atoms with Crippen LogP contribution in [-0.2, 0) is 9.59 Å². The van der Waals surface area contributed by atoms with Crippen LogP contribution in [0.1, 0.15) is 18.4 Å². The number of anilines is 1. The first-order chi connectivity index (χ1) is 13.6. The maximum absolute atomic E-state index is 12.4. The monoisotopic (exact) mass is 377 g/mol. The van der Waals surface area contributed by atoms with Crippen LogP contribution in [0.3, 0.4) is 0 Å². The fraction of sp³-hybridized carbons (Fsp3) is 0.190. The Morgan fingerprint density at radius 1 is 1.07 bits per heavy atom. The van der Waals surface area contributed by atoms with Crippen molar-refractivity contribution in [1.82, 2.24) is 9.88 Å². The number of hydrogen-bond acceptors (Lipinski definition) is 4. The van der Waals surface area contributed by atoms with Gasteiger partial charge in [0.15, 0.2) is 5.58 Å². The lowest BCUT2D eigenvalue weighted by Crippen LogP contribution is -2.42. The summed E-state index contributed by atoms with van der Waals surface area (Å²) in [5, 5.41) is 2.57. The molecule has 4 rings (SSSR count). The molecule has 2 amide bonds. The summed E-state index contributed by atoms with van der Waals surface area (Å²) in [5.41, 5.74) is 3.66. The smallest absolute Gasteiger partial charge is 0.408 e. The number of fused-ring (bicyclic) bond motifs is 1. The molecule has 2 N–H and O–H groups in total. The van der Waals surface area contributed by atoms with E-state index in [9.17, 15) is 14.4 Å². The van der Waals surface area contributed by atoms with Crippen LogP contribution in [0, 0.1) is 0 Å². The number of benzene rings is 2. The van der Waals surface area contributed by atoms with E-state index in [1.807, 2.05) is 30.3 Å². The van der Waals surface area contributed by atoms with Crippen LogP contribution in [0.4, 0.5) is 5.69 Å². The van der Waals surface area contributed by atoms with Crippen molar-refractivity contribution < 1.29 is 14.0 Å². The Bertz CT molecular complexity index is 1100. The summed E-state index contributed by atoms with van der Waals surface area (Å²) < 4.78 is 4.96. The van der Waals surface area contributed by atoms with Crippen molar-refractivity contribution >= 4 is 34.7 Å². The van der Waals surface area contributed by atoms with Gasteiger partial charge in [-0.3, -0.25) is 14.6 Å². The average molecular weight is 377 g/mol. The highest BCUT2D eigenvalue weighted by Gasteiger charge is 2.25. The summed E-state index contributed by atoms with van der Waals surface area (Å²) in [4.78, 5) is 40.0. The van der Waals surface area contributed by atoms with Crippen molar-refractivity contribution in [1.29, 1.82) is 0 Å². The van der Waals surface area contributed by atoms with Crippen molar-refractivity contribution in [3.8, 4) is 0 Å². The van der Waals surface area contributed by atoms with Gasteiger partial charge in [0.25, 0.3) is 0 Å². The molecular formula is C21H19N3O4. The maximum Gasteiger partial charge on any atom is 0.417 e. The molecule has 7 nitrogen and oxygen atoms in total. The second-order valence-corrected chi connectivity index (χ2v) is 6.69. The van der Waals surface area contributed by atoms with Gasteiger partial charge in [-0.25, -0.2) is 4.79 Å². The summed E-state index contributed by atoms with van der Waals surface area (Å²) in [6, 6.07) is 14.8. The maximum atomic E-state index is 12.4. The lowest BCUT2D eigenvalue weighted by atomic mass is 10.0. The topological polar surface area (TPSA) is 95.4 Å². The molecule has 0 bridgehead atoms. The molecule has 1 aliphatic rings. The van der Waals surface area contributed by atoms with Gasteiger partial charge in [0.05, 0.1) is 5.52 Å². The molecule has 1 fully saturated rings. The van der Waals surface area contributed by atoms with Crippen LogP contribution in [0.5, 0.6) is 0 Å². The molecule has 142 valence electrons. The van der Waals surface area contributed by atoms with Crippen LogP contribution in [0.2, 0.25) is 0 Å². The summed E-state index contributed by atoms with van der Waals surface area (Å²) in [6.07, 6.45) is 3.63. The molecule has 3 aromatic rings. The van der Waals surface area contributed by atoms with Crippen molar-refractivity contribution in [2.24, 2.45) is 0 Å². The molecule has 28 heavy (non-hydrogen) atoms. The predicted molar refractivity (Wildman–Crippen MR) is 106 cm³/mol. The molecule has 0 radical (unpaired) electrons. The number of carbonyl (C=O) groups is 2. The van der Waals surface area contributed by atoms with Gasteiger partial charge < -0.3 is 14.6 Å². The van der Waals surface area contributed by atoms with E-state index < -0.39 is 17.6 Å². The number of piperidine rings is 1. The van der Waals surface area contributed by atoms with Crippen LogP contribution in [0.15, 0.2) is 63.3 Å². The molecule has 0 aliphatic carbocycles. The Labute approximate surface area is 160 Å². The van der Waals surface area contributed by atoms with Crippen molar-refractivity contribution in [3.05, 3.63) is 70.2 Å². The minimum Gasteiger partial charge on any atom is -0.408 e. The van der Waals surface area contributed by atoms with E-state index in [-0.39, 0.29) is 0 Å². The zero-order chi connectivity index (χ0) is 19.5. The van der Waals surface area contributed by atoms with Gasteiger partial charge >= 0.3 is 17.6 Å². The Morgan fingerprint density at radius 2 is 1.82 bits per heavy atom. The van der Waals surface area contributed by atoms with E-state index in [2.05, 4.69) is 16.4 Å². The number of rotatable bonds is 2. The van der Waals surface area contributed by atoms with Crippen LogP contribution < -0.4 is 11.1 Å². The van der Waals surface area contributed by atoms with Crippen LogP contribution in [-0.4, -0.2) is 34.8 Å². The molecule has 1 aromatic heterocycles. The molecule has 0 atom stereocenters. The highest BCUT2D eigenvalue weighted by atomic mass is 16.4. The molecule has 0 unspecified atom stereocenters. The molecule has 1 saturated heterocycles. The number of oxazole rings is 1. The molecule has 7 heteroatoms. The fourth-order valence-corrected chi connectivity index (χ4v) is 3.28. The Hall–Kier alpha value is -3.61.